The summed E-state index contributed by atoms with van der Waals surface area (Å²) in [5, 5.41) is 0.791. The van der Waals surface area contributed by atoms with E-state index in [0.717, 1.165) is 46.1 Å². The fourth-order valence-corrected chi connectivity index (χ4v) is 4.47. The van der Waals surface area contributed by atoms with Gasteiger partial charge in [-0.25, -0.2) is 4.98 Å². The van der Waals surface area contributed by atoms with Crippen molar-refractivity contribution < 1.29 is 9.69 Å². The predicted molar refractivity (Wildman–Crippen MR) is 119 cm³/mol. The third-order valence-electron chi connectivity index (χ3n) is 5.53. The summed E-state index contributed by atoms with van der Waals surface area (Å²) in [6.45, 7) is 14.3. The molecule has 5 heteroatoms. The summed E-state index contributed by atoms with van der Waals surface area (Å²) in [7, 11) is 0. The zero-order chi connectivity index (χ0) is 20.3. The molecule has 1 N–H and O–H groups in total. The number of aryl methyl sites for hydroxylation is 3. The van der Waals surface area contributed by atoms with Crippen LogP contribution in [0.4, 0.5) is 5.13 Å². The van der Waals surface area contributed by atoms with E-state index in [9.17, 15) is 4.79 Å². The van der Waals surface area contributed by atoms with Gasteiger partial charge >= 0.3 is 0 Å². The molecule has 0 spiro atoms. The van der Waals surface area contributed by atoms with Crippen LogP contribution in [0.2, 0.25) is 0 Å². The van der Waals surface area contributed by atoms with Crippen molar-refractivity contribution in [2.75, 3.05) is 31.1 Å². The van der Waals surface area contributed by atoms with Gasteiger partial charge in [0, 0.05) is 5.56 Å². The summed E-state index contributed by atoms with van der Waals surface area (Å²) in [6, 6.07) is 12.1. The SMILES string of the molecule is CC[NH+](CC)CCN(C(=O)c1ccccc1C)c1nc2cc(C)c(C)cc2s1. The van der Waals surface area contributed by atoms with Gasteiger partial charge in [0.25, 0.3) is 5.91 Å². The highest BCUT2D eigenvalue weighted by molar-refractivity contribution is 7.22. The van der Waals surface area contributed by atoms with Crippen LogP contribution in [-0.4, -0.2) is 37.1 Å². The zero-order valence-electron chi connectivity index (χ0n) is 17.5. The first-order chi connectivity index (χ1) is 13.4. The summed E-state index contributed by atoms with van der Waals surface area (Å²) in [5.74, 6) is 0.0390. The fourth-order valence-electron chi connectivity index (χ4n) is 3.40. The minimum absolute atomic E-state index is 0.0390. The summed E-state index contributed by atoms with van der Waals surface area (Å²) in [5.41, 5.74) is 5.21. The van der Waals surface area contributed by atoms with Gasteiger partial charge < -0.3 is 4.90 Å². The Hall–Kier alpha value is -2.24. The number of aromatic nitrogens is 1. The third kappa shape index (κ3) is 4.26. The normalized spacial score (nSPS) is 11.4. The zero-order valence-corrected chi connectivity index (χ0v) is 18.3. The van der Waals surface area contributed by atoms with Crippen LogP contribution in [0.3, 0.4) is 0 Å². The monoisotopic (exact) mass is 396 g/mol. The lowest BCUT2D eigenvalue weighted by molar-refractivity contribution is -0.894. The van der Waals surface area contributed by atoms with Crippen molar-refractivity contribution >= 4 is 32.6 Å². The molecular formula is C23H30N3OS+. The number of thiazole rings is 1. The van der Waals surface area contributed by atoms with Crippen molar-refractivity contribution in [2.45, 2.75) is 34.6 Å². The maximum absolute atomic E-state index is 13.4. The first kappa shape index (κ1) is 20.5. The van der Waals surface area contributed by atoms with E-state index in [1.54, 1.807) is 11.3 Å². The molecule has 0 atom stereocenters. The maximum Gasteiger partial charge on any atom is 0.260 e. The number of anilines is 1. The number of hydrogen-bond acceptors (Lipinski definition) is 3. The minimum Gasteiger partial charge on any atom is -0.334 e. The van der Waals surface area contributed by atoms with Crippen LogP contribution in [0.5, 0.6) is 0 Å². The summed E-state index contributed by atoms with van der Waals surface area (Å²) >= 11 is 1.61. The van der Waals surface area contributed by atoms with Gasteiger partial charge in [-0.05, 0) is 69.5 Å². The predicted octanol–water partition coefficient (Wildman–Crippen LogP) is 3.79. The second kappa shape index (κ2) is 8.84. The molecule has 0 fully saturated rings. The number of fused-ring (bicyclic) bond motifs is 1. The molecule has 0 saturated carbocycles. The molecule has 0 saturated heterocycles. The highest BCUT2D eigenvalue weighted by Gasteiger charge is 2.24. The van der Waals surface area contributed by atoms with E-state index in [-0.39, 0.29) is 5.91 Å². The van der Waals surface area contributed by atoms with E-state index >= 15 is 0 Å². The van der Waals surface area contributed by atoms with Gasteiger partial charge in [-0.3, -0.25) is 9.69 Å². The quantitative estimate of drug-likeness (QED) is 0.660. The minimum atomic E-state index is 0.0390. The molecule has 3 rings (SSSR count). The smallest absolute Gasteiger partial charge is 0.260 e. The Morgan fingerprint density at radius 2 is 1.71 bits per heavy atom. The number of amides is 1. The van der Waals surface area contributed by atoms with Crippen molar-refractivity contribution in [2.24, 2.45) is 0 Å². The van der Waals surface area contributed by atoms with Crippen molar-refractivity contribution in [3.63, 3.8) is 0 Å². The molecule has 0 aliphatic rings. The molecule has 0 aliphatic heterocycles. The van der Waals surface area contributed by atoms with Crippen LogP contribution < -0.4 is 9.80 Å². The molecule has 148 valence electrons. The number of nitrogens with one attached hydrogen (secondary N) is 1. The van der Waals surface area contributed by atoms with Gasteiger partial charge in [0.2, 0.25) is 0 Å². The number of carbonyl (C=O) groups is 1. The number of rotatable bonds is 7. The van der Waals surface area contributed by atoms with Crippen LogP contribution in [-0.2, 0) is 0 Å². The van der Waals surface area contributed by atoms with E-state index in [1.807, 2.05) is 36.1 Å². The van der Waals surface area contributed by atoms with Gasteiger partial charge in [-0.15, -0.1) is 0 Å². The highest BCUT2D eigenvalue weighted by atomic mass is 32.1. The number of carbonyl (C=O) groups excluding carboxylic acids is 1. The highest BCUT2D eigenvalue weighted by Crippen LogP contribution is 2.31. The number of hydrogen-bond donors (Lipinski definition) is 1. The van der Waals surface area contributed by atoms with E-state index < -0.39 is 0 Å². The Bertz CT molecular complexity index is 936. The topological polar surface area (TPSA) is 37.6 Å². The Morgan fingerprint density at radius 3 is 2.39 bits per heavy atom. The molecule has 0 unspecified atom stereocenters. The molecule has 0 bridgehead atoms. The Labute approximate surface area is 171 Å². The van der Waals surface area contributed by atoms with Crippen molar-refractivity contribution in [3.05, 3.63) is 58.7 Å². The van der Waals surface area contributed by atoms with Gasteiger partial charge in [0.15, 0.2) is 5.13 Å². The number of nitrogens with zero attached hydrogens (tertiary/aromatic N) is 2. The second-order valence-electron chi connectivity index (χ2n) is 7.38. The number of quaternary nitrogens is 1. The molecule has 1 amide bonds. The first-order valence-corrected chi connectivity index (χ1v) is 10.8. The summed E-state index contributed by atoms with van der Waals surface area (Å²) in [4.78, 5) is 21.6. The molecule has 28 heavy (non-hydrogen) atoms. The van der Waals surface area contributed by atoms with E-state index in [1.165, 1.54) is 16.0 Å². The van der Waals surface area contributed by atoms with Crippen LogP contribution >= 0.6 is 11.3 Å². The number of benzene rings is 2. The van der Waals surface area contributed by atoms with Gasteiger partial charge in [-0.1, -0.05) is 29.5 Å². The van der Waals surface area contributed by atoms with E-state index in [4.69, 9.17) is 4.98 Å². The summed E-state index contributed by atoms with van der Waals surface area (Å²) < 4.78 is 1.14. The Balaban J connectivity index is 2.00. The third-order valence-corrected chi connectivity index (χ3v) is 6.57. The molecule has 1 heterocycles. The van der Waals surface area contributed by atoms with Crippen LogP contribution in [0, 0.1) is 20.8 Å². The average Bonchev–Trinajstić information content (AvgIpc) is 3.08. The molecule has 4 nitrogen and oxygen atoms in total. The van der Waals surface area contributed by atoms with E-state index in [0.29, 0.717) is 6.54 Å². The van der Waals surface area contributed by atoms with E-state index in [2.05, 4.69) is 39.8 Å². The maximum atomic E-state index is 13.4. The van der Waals surface area contributed by atoms with Gasteiger partial charge in [0.05, 0.1) is 36.4 Å². The first-order valence-electron chi connectivity index (χ1n) is 10.0. The summed E-state index contributed by atoms with van der Waals surface area (Å²) in [6.07, 6.45) is 0. The molecule has 3 aromatic rings. The van der Waals surface area contributed by atoms with Crippen molar-refractivity contribution in [1.82, 2.24) is 4.98 Å². The van der Waals surface area contributed by atoms with Gasteiger partial charge in [0.1, 0.15) is 0 Å². The average molecular weight is 397 g/mol. The standard InChI is InChI=1S/C23H29N3OS/c1-6-25(7-2)12-13-26(22(27)19-11-9-8-10-16(19)3)23-24-20-14-17(4)18(5)15-21(20)28-23/h8-11,14-15H,6-7,12-13H2,1-5H3/p+1. The lowest BCUT2D eigenvalue weighted by Crippen LogP contribution is -3.12. The van der Waals surface area contributed by atoms with Gasteiger partial charge in [-0.2, -0.15) is 0 Å². The van der Waals surface area contributed by atoms with Crippen LogP contribution in [0.1, 0.15) is 40.9 Å². The van der Waals surface area contributed by atoms with Crippen LogP contribution in [0.15, 0.2) is 36.4 Å². The molecule has 0 aliphatic carbocycles. The molecule has 0 radical (unpaired) electrons. The molecule has 1 aromatic heterocycles. The molecule has 2 aromatic carbocycles. The fraction of sp³-hybridized carbons (Fsp3) is 0.391. The molecular weight excluding hydrogens is 366 g/mol. The van der Waals surface area contributed by atoms with Crippen molar-refractivity contribution in [1.29, 1.82) is 0 Å². The van der Waals surface area contributed by atoms with Crippen molar-refractivity contribution in [3.8, 4) is 0 Å². The Morgan fingerprint density at radius 1 is 1.04 bits per heavy atom. The lowest BCUT2D eigenvalue weighted by Gasteiger charge is -2.23. The Kier molecular flexibility index (Phi) is 6.47. The lowest BCUT2D eigenvalue weighted by atomic mass is 10.1. The van der Waals surface area contributed by atoms with Crippen LogP contribution in [0.25, 0.3) is 10.2 Å². The largest absolute Gasteiger partial charge is 0.334 e. The number of likely N-dealkylation sites (N-methyl/N-ethyl adjacent to an activating group) is 1. The second-order valence-corrected chi connectivity index (χ2v) is 8.39.